The molecule has 1 heterocycles. The molecule has 0 spiro atoms. The molecule has 174 valence electrons. The Morgan fingerprint density at radius 3 is 2.47 bits per heavy atom. The molecule has 8 heteroatoms. The van der Waals surface area contributed by atoms with Crippen LogP contribution in [0.5, 0.6) is 0 Å². The van der Waals surface area contributed by atoms with Crippen molar-refractivity contribution in [3.8, 4) is 0 Å². The minimum Gasteiger partial charge on any atom is -0.395 e. The van der Waals surface area contributed by atoms with Crippen LogP contribution in [0.25, 0.3) is 0 Å². The maximum Gasteiger partial charge on any atom is 0.237 e. The summed E-state index contributed by atoms with van der Waals surface area (Å²) in [5, 5.41) is 15.8. The van der Waals surface area contributed by atoms with Gasteiger partial charge >= 0.3 is 0 Å². The summed E-state index contributed by atoms with van der Waals surface area (Å²) in [6.45, 7) is 6.15. The molecule has 2 aromatic rings. The average molecular weight is 482 g/mol. The highest BCUT2D eigenvalue weighted by atomic mass is 35.5. The molecule has 1 fully saturated rings. The maximum absolute atomic E-state index is 15.3. The summed E-state index contributed by atoms with van der Waals surface area (Å²) in [5.41, 5.74) is 6.94. The van der Waals surface area contributed by atoms with Crippen LogP contribution in [-0.4, -0.2) is 36.2 Å². The number of halogens is 3. The van der Waals surface area contributed by atoms with Gasteiger partial charge in [0.15, 0.2) is 0 Å². The number of carbonyl (C=O) groups excluding carboxylic acids is 1. The first-order chi connectivity index (χ1) is 15.0. The van der Waals surface area contributed by atoms with E-state index in [1.54, 1.807) is 24.3 Å². The molecule has 4 unspecified atom stereocenters. The smallest absolute Gasteiger partial charge is 0.237 e. The first-order valence-electron chi connectivity index (χ1n) is 10.6. The third-order valence-corrected chi connectivity index (χ3v) is 6.52. The molecule has 0 saturated carbocycles. The van der Waals surface area contributed by atoms with Gasteiger partial charge in [0.05, 0.1) is 23.2 Å². The highest BCUT2D eigenvalue weighted by Crippen LogP contribution is 2.49. The van der Waals surface area contributed by atoms with Crippen LogP contribution in [0.4, 0.5) is 4.39 Å². The van der Waals surface area contributed by atoms with Crippen molar-refractivity contribution in [3.05, 3.63) is 69.5 Å². The number of aliphatic hydroxyl groups is 1. The Labute approximate surface area is 198 Å². The van der Waals surface area contributed by atoms with E-state index in [0.717, 1.165) is 5.56 Å². The first-order valence-corrected chi connectivity index (χ1v) is 11.4. The fourth-order valence-electron chi connectivity index (χ4n) is 4.62. The Morgan fingerprint density at radius 1 is 1.22 bits per heavy atom. The predicted octanol–water partition coefficient (Wildman–Crippen LogP) is 3.96. The van der Waals surface area contributed by atoms with Gasteiger partial charge < -0.3 is 21.5 Å². The topological polar surface area (TPSA) is 87.4 Å². The van der Waals surface area contributed by atoms with Gasteiger partial charge in [-0.25, -0.2) is 4.39 Å². The number of rotatable bonds is 6. The Morgan fingerprint density at radius 2 is 1.88 bits per heavy atom. The van der Waals surface area contributed by atoms with Crippen LogP contribution in [0.1, 0.15) is 44.2 Å². The molecule has 1 aliphatic rings. The van der Waals surface area contributed by atoms with Gasteiger partial charge in [-0.05, 0) is 41.2 Å². The van der Waals surface area contributed by atoms with Crippen LogP contribution in [0.2, 0.25) is 10.0 Å². The van der Waals surface area contributed by atoms with Crippen molar-refractivity contribution >= 4 is 29.1 Å². The van der Waals surface area contributed by atoms with Gasteiger partial charge in [0.2, 0.25) is 5.91 Å². The third-order valence-electron chi connectivity index (χ3n) is 5.98. The fourth-order valence-corrected chi connectivity index (χ4v) is 4.92. The molecule has 0 aliphatic carbocycles. The molecule has 1 saturated heterocycles. The van der Waals surface area contributed by atoms with Crippen molar-refractivity contribution in [3.63, 3.8) is 0 Å². The maximum atomic E-state index is 15.3. The van der Waals surface area contributed by atoms with Crippen molar-refractivity contribution in [1.82, 2.24) is 10.6 Å². The molecular formula is C24H30Cl2FN3O2. The molecule has 5 nitrogen and oxygen atoms in total. The normalized spacial score (nSPS) is 25.7. The lowest BCUT2D eigenvalue weighted by Gasteiger charge is -2.39. The van der Waals surface area contributed by atoms with Crippen LogP contribution in [0, 0.1) is 11.2 Å². The van der Waals surface area contributed by atoms with Crippen molar-refractivity contribution in [2.75, 3.05) is 13.2 Å². The number of aliphatic hydroxyl groups excluding tert-OH is 1. The molecule has 3 rings (SSSR count). The average Bonchev–Trinajstić information content (AvgIpc) is 3.00. The molecular weight excluding hydrogens is 452 g/mol. The predicted molar refractivity (Wildman–Crippen MR) is 126 cm³/mol. The number of nitrogens with two attached hydrogens (primary N) is 1. The Bertz CT molecular complexity index is 965. The van der Waals surface area contributed by atoms with Gasteiger partial charge in [-0.15, -0.1) is 0 Å². The van der Waals surface area contributed by atoms with E-state index in [2.05, 4.69) is 31.4 Å². The lowest BCUT2D eigenvalue weighted by atomic mass is 9.68. The largest absolute Gasteiger partial charge is 0.395 e. The second-order valence-corrected chi connectivity index (χ2v) is 10.4. The highest BCUT2D eigenvalue weighted by molar-refractivity contribution is 6.31. The molecule has 32 heavy (non-hydrogen) atoms. The Hall–Kier alpha value is -1.70. The molecule has 5 N–H and O–H groups in total. The zero-order valence-electron chi connectivity index (χ0n) is 18.5. The van der Waals surface area contributed by atoms with E-state index in [1.165, 1.54) is 6.07 Å². The lowest BCUT2D eigenvalue weighted by Crippen LogP contribution is -2.52. The van der Waals surface area contributed by atoms with E-state index in [9.17, 15) is 9.90 Å². The van der Waals surface area contributed by atoms with Crippen LogP contribution >= 0.6 is 23.2 Å². The van der Waals surface area contributed by atoms with Gasteiger partial charge in [-0.3, -0.25) is 4.79 Å². The quantitative estimate of drug-likeness (QED) is 0.502. The van der Waals surface area contributed by atoms with E-state index >= 15 is 4.39 Å². The number of amides is 1. The zero-order valence-corrected chi connectivity index (χ0v) is 20.0. The van der Waals surface area contributed by atoms with Crippen molar-refractivity contribution < 1.29 is 14.3 Å². The number of benzene rings is 2. The third kappa shape index (κ3) is 4.95. The van der Waals surface area contributed by atoms with Crippen LogP contribution in [-0.2, 0) is 10.3 Å². The summed E-state index contributed by atoms with van der Waals surface area (Å²) >= 11 is 12.2. The summed E-state index contributed by atoms with van der Waals surface area (Å²) in [7, 11) is 0. The summed E-state index contributed by atoms with van der Waals surface area (Å²) in [6.07, 6.45) is 0.634. The summed E-state index contributed by atoms with van der Waals surface area (Å²) < 4.78 is 15.3. The molecule has 1 amide bonds. The molecule has 4 atom stereocenters. The van der Waals surface area contributed by atoms with Crippen molar-refractivity contribution in [2.45, 2.75) is 50.7 Å². The van der Waals surface area contributed by atoms with Gasteiger partial charge in [0, 0.05) is 23.5 Å². The minimum absolute atomic E-state index is 0.0326. The van der Waals surface area contributed by atoms with E-state index in [0.29, 0.717) is 11.4 Å². The number of nitrogens with one attached hydrogen (secondary N) is 2. The van der Waals surface area contributed by atoms with Gasteiger partial charge in [0.25, 0.3) is 0 Å². The minimum atomic E-state index is -1.13. The van der Waals surface area contributed by atoms with E-state index in [-0.39, 0.29) is 41.1 Å². The number of hydrogen-bond acceptors (Lipinski definition) is 4. The fraction of sp³-hybridized carbons (Fsp3) is 0.458. The summed E-state index contributed by atoms with van der Waals surface area (Å²) in [4.78, 5) is 13.2. The highest BCUT2D eigenvalue weighted by Gasteiger charge is 2.57. The monoisotopic (exact) mass is 481 g/mol. The number of hydrogen-bond donors (Lipinski definition) is 4. The molecule has 2 aromatic carbocycles. The van der Waals surface area contributed by atoms with E-state index < -0.39 is 23.3 Å². The van der Waals surface area contributed by atoms with Crippen LogP contribution < -0.4 is 16.4 Å². The van der Waals surface area contributed by atoms with Gasteiger partial charge in [-0.2, -0.15) is 0 Å². The molecule has 0 radical (unpaired) electrons. The van der Waals surface area contributed by atoms with Gasteiger partial charge in [0.1, 0.15) is 5.82 Å². The van der Waals surface area contributed by atoms with Gasteiger partial charge in [-0.1, -0.05) is 68.2 Å². The second kappa shape index (κ2) is 9.65. The second-order valence-electron chi connectivity index (χ2n) is 9.54. The Kier molecular flexibility index (Phi) is 7.52. The zero-order chi connectivity index (χ0) is 23.7. The first kappa shape index (κ1) is 24.9. The van der Waals surface area contributed by atoms with Crippen molar-refractivity contribution in [1.29, 1.82) is 0 Å². The number of carbonyl (C=O) groups is 1. The molecule has 1 aliphatic heterocycles. The summed E-state index contributed by atoms with van der Waals surface area (Å²) in [6, 6.07) is 10.7. The Balaban J connectivity index is 2.22. The SMILES string of the molecule is CC(C)(C)CC1NC(C(=O)NCCO)C(c2cccc(Cl)c2F)C1(N)c1ccc(Cl)cc1. The lowest BCUT2D eigenvalue weighted by molar-refractivity contribution is -0.123. The van der Waals surface area contributed by atoms with Crippen LogP contribution in [0.15, 0.2) is 42.5 Å². The van der Waals surface area contributed by atoms with Crippen LogP contribution in [0.3, 0.4) is 0 Å². The standard InChI is InChI=1S/C24H30Cl2FN3O2/c1-23(2,3)13-18-24(28,14-7-9-15(25)10-8-14)19(16-5-4-6-17(26)20(16)27)21(30-18)22(32)29-11-12-31/h4-10,18-19,21,30-31H,11-13,28H2,1-3H3,(H,29,32). The van der Waals surface area contributed by atoms with Crippen molar-refractivity contribution in [2.24, 2.45) is 11.1 Å². The molecule has 0 bridgehead atoms. The van der Waals surface area contributed by atoms with E-state index in [4.69, 9.17) is 28.9 Å². The molecule has 0 aromatic heterocycles. The van der Waals surface area contributed by atoms with E-state index in [1.807, 2.05) is 12.1 Å². The summed E-state index contributed by atoms with van der Waals surface area (Å²) in [5.74, 6) is -1.71.